The maximum atomic E-state index is 12.6. The smallest absolute Gasteiger partial charge is 0.333 e. The van der Waals surface area contributed by atoms with Gasteiger partial charge in [-0.05, 0) is 98.9 Å². The summed E-state index contributed by atoms with van der Waals surface area (Å²) >= 11 is 0. The van der Waals surface area contributed by atoms with Crippen molar-refractivity contribution in [3.8, 4) is 23.3 Å². The monoisotopic (exact) mass is 602 g/mol. The molecule has 10 nitrogen and oxygen atoms in total. The molecule has 0 bridgehead atoms. The number of hydrogen-bond donors (Lipinski definition) is 2. The molecule has 5 rings (SSSR count). The third-order valence-corrected chi connectivity index (χ3v) is 7.31. The summed E-state index contributed by atoms with van der Waals surface area (Å²) in [6.45, 7) is 15.6. The van der Waals surface area contributed by atoms with Crippen LogP contribution in [-0.2, 0) is 7.05 Å². The number of hydrogen-bond acceptors (Lipinski definition) is 6. The van der Waals surface area contributed by atoms with Gasteiger partial charge in [-0.25, -0.2) is 9.59 Å². The summed E-state index contributed by atoms with van der Waals surface area (Å²) in [4.78, 5) is 53.3. The fourth-order valence-electron chi connectivity index (χ4n) is 5.28. The Morgan fingerprint density at radius 1 is 0.705 bits per heavy atom. The van der Waals surface area contributed by atoms with E-state index < -0.39 is 11.2 Å². The Kier molecular flexibility index (Phi) is 9.51. The highest BCUT2D eigenvalue weighted by atomic mass is 16.5. The van der Waals surface area contributed by atoms with E-state index in [1.54, 1.807) is 4.57 Å². The minimum Gasteiger partial charge on any atom is -0.440 e. The zero-order valence-corrected chi connectivity index (χ0v) is 27.0. The maximum Gasteiger partial charge on any atom is 0.333 e. The predicted molar refractivity (Wildman–Crippen MR) is 172 cm³/mol. The predicted octanol–water partition coefficient (Wildman–Crippen LogP) is 6.01. The number of aromatic amines is 2. The molecule has 0 saturated heterocycles. The Balaban J connectivity index is 0.000000204. The zero-order chi connectivity index (χ0) is 32.5. The van der Waals surface area contributed by atoms with Gasteiger partial charge < -0.3 is 9.47 Å². The Morgan fingerprint density at radius 3 is 1.64 bits per heavy atom. The van der Waals surface area contributed by atoms with Gasteiger partial charge in [-0.3, -0.25) is 28.7 Å². The standard InChI is InChI=1S/C19H24N2O3.C15H18N2O3/c1-11(2)16-17(22)20(5)19(23)21(14-6-7-14)18(16)24-15-9-12(3)8-13(4)10-15;1-8(2)12-13(18)16-15(19)17-14(12)20-11-6-9(3)5-10(4)7-11/h8-11,14H,6-7H2,1-5H3;5-8H,1-4H3,(H2,16,17,18,19). The van der Waals surface area contributed by atoms with Crippen molar-refractivity contribution in [1.82, 2.24) is 19.1 Å². The molecule has 44 heavy (non-hydrogen) atoms. The number of benzene rings is 2. The summed E-state index contributed by atoms with van der Waals surface area (Å²) in [7, 11) is 1.54. The van der Waals surface area contributed by atoms with Gasteiger partial charge in [0, 0.05) is 13.1 Å². The number of H-pyrrole nitrogens is 2. The van der Waals surface area contributed by atoms with Gasteiger partial charge in [-0.2, -0.15) is 0 Å². The van der Waals surface area contributed by atoms with Gasteiger partial charge in [-0.15, -0.1) is 0 Å². The largest absolute Gasteiger partial charge is 0.440 e. The molecule has 1 aliphatic carbocycles. The van der Waals surface area contributed by atoms with Crippen LogP contribution in [0.2, 0.25) is 0 Å². The highest BCUT2D eigenvalue weighted by molar-refractivity contribution is 5.39. The van der Waals surface area contributed by atoms with Crippen molar-refractivity contribution >= 4 is 0 Å². The van der Waals surface area contributed by atoms with Gasteiger partial charge >= 0.3 is 11.4 Å². The van der Waals surface area contributed by atoms with E-state index in [9.17, 15) is 19.2 Å². The molecule has 0 amide bonds. The van der Waals surface area contributed by atoms with Gasteiger partial charge in [0.15, 0.2) is 0 Å². The van der Waals surface area contributed by atoms with E-state index >= 15 is 0 Å². The zero-order valence-electron chi connectivity index (χ0n) is 27.0. The van der Waals surface area contributed by atoms with Crippen LogP contribution in [0.1, 0.15) is 91.8 Å². The highest BCUT2D eigenvalue weighted by Gasteiger charge is 2.32. The van der Waals surface area contributed by atoms with Crippen LogP contribution in [0.4, 0.5) is 0 Å². The van der Waals surface area contributed by atoms with E-state index in [4.69, 9.17) is 9.47 Å². The second-order valence-corrected chi connectivity index (χ2v) is 12.3. The Labute approximate surface area is 256 Å². The highest BCUT2D eigenvalue weighted by Crippen LogP contribution is 2.39. The average Bonchev–Trinajstić information content (AvgIpc) is 3.71. The molecule has 10 heteroatoms. The molecule has 1 aliphatic rings. The van der Waals surface area contributed by atoms with E-state index in [2.05, 4.69) is 16.0 Å². The second-order valence-electron chi connectivity index (χ2n) is 12.3. The van der Waals surface area contributed by atoms with Crippen LogP contribution in [0.3, 0.4) is 0 Å². The molecule has 4 aromatic rings. The Morgan fingerprint density at radius 2 is 1.18 bits per heavy atom. The summed E-state index contributed by atoms with van der Waals surface area (Å²) < 4.78 is 14.7. The number of nitrogens with one attached hydrogen (secondary N) is 2. The molecular formula is C34H42N4O6. The number of aryl methyl sites for hydroxylation is 4. The molecule has 0 aliphatic heterocycles. The molecule has 0 atom stereocenters. The van der Waals surface area contributed by atoms with Crippen molar-refractivity contribution in [2.75, 3.05) is 0 Å². The van der Waals surface area contributed by atoms with Crippen molar-refractivity contribution in [2.24, 2.45) is 7.05 Å². The van der Waals surface area contributed by atoms with Crippen LogP contribution in [-0.4, -0.2) is 19.1 Å². The minimum absolute atomic E-state index is 0.0322. The van der Waals surface area contributed by atoms with Crippen molar-refractivity contribution in [3.63, 3.8) is 0 Å². The Bertz CT molecular complexity index is 1840. The first-order valence-electron chi connectivity index (χ1n) is 14.9. The average molecular weight is 603 g/mol. The molecular weight excluding hydrogens is 560 g/mol. The molecule has 0 spiro atoms. The molecule has 0 radical (unpaired) electrons. The van der Waals surface area contributed by atoms with Gasteiger partial charge in [-0.1, -0.05) is 39.8 Å². The van der Waals surface area contributed by atoms with Crippen LogP contribution in [0.15, 0.2) is 55.6 Å². The molecule has 2 aromatic heterocycles. The fraction of sp³-hybridized carbons (Fsp3) is 0.412. The Hall–Kier alpha value is -4.60. The van der Waals surface area contributed by atoms with Gasteiger partial charge in [0.2, 0.25) is 11.8 Å². The lowest BCUT2D eigenvalue weighted by Crippen LogP contribution is -2.40. The number of aromatic nitrogens is 4. The van der Waals surface area contributed by atoms with E-state index in [1.165, 1.54) is 11.6 Å². The van der Waals surface area contributed by atoms with Crippen molar-refractivity contribution < 1.29 is 9.47 Å². The summed E-state index contributed by atoms with van der Waals surface area (Å²) in [5.41, 5.74) is 3.71. The van der Waals surface area contributed by atoms with Crippen LogP contribution in [0.25, 0.3) is 0 Å². The molecule has 234 valence electrons. The number of rotatable bonds is 7. The van der Waals surface area contributed by atoms with Crippen molar-refractivity contribution in [1.29, 1.82) is 0 Å². The van der Waals surface area contributed by atoms with Crippen molar-refractivity contribution in [3.05, 3.63) is 111 Å². The van der Waals surface area contributed by atoms with E-state index in [0.29, 0.717) is 28.5 Å². The summed E-state index contributed by atoms with van der Waals surface area (Å²) in [5.74, 6) is 1.79. The van der Waals surface area contributed by atoms with Crippen LogP contribution in [0, 0.1) is 27.7 Å². The van der Waals surface area contributed by atoms with Crippen LogP contribution in [0.5, 0.6) is 23.3 Å². The normalized spacial score (nSPS) is 12.7. The van der Waals surface area contributed by atoms with Crippen molar-refractivity contribution in [2.45, 2.75) is 86.1 Å². The molecule has 2 heterocycles. The first-order chi connectivity index (χ1) is 20.7. The van der Waals surface area contributed by atoms with Gasteiger partial charge in [0.1, 0.15) is 11.5 Å². The van der Waals surface area contributed by atoms with Gasteiger partial charge in [0.25, 0.3) is 11.1 Å². The van der Waals surface area contributed by atoms with E-state index in [0.717, 1.165) is 35.1 Å². The lowest BCUT2D eigenvalue weighted by molar-refractivity contribution is 0.395. The van der Waals surface area contributed by atoms with E-state index in [-0.39, 0.29) is 35.0 Å². The summed E-state index contributed by atoms with van der Waals surface area (Å²) in [5, 5.41) is 0. The number of ether oxygens (including phenoxy) is 2. The maximum absolute atomic E-state index is 12.6. The molecule has 2 N–H and O–H groups in total. The van der Waals surface area contributed by atoms with Gasteiger partial charge in [0.05, 0.1) is 11.1 Å². The van der Waals surface area contributed by atoms with Crippen LogP contribution >= 0.6 is 0 Å². The first kappa shape index (κ1) is 32.3. The SMILES string of the molecule is Cc1cc(C)cc(Oc2[nH]c(=O)[nH]c(=O)c2C(C)C)c1.Cc1cc(C)cc(Oc2c(C(C)C)c(=O)n(C)c(=O)n2C2CC2)c1. The topological polar surface area (TPSA) is 128 Å². The van der Waals surface area contributed by atoms with E-state index in [1.807, 2.05) is 85.7 Å². The second kappa shape index (κ2) is 13.0. The minimum atomic E-state index is -0.571. The molecule has 2 aromatic carbocycles. The third-order valence-electron chi connectivity index (χ3n) is 7.31. The first-order valence-corrected chi connectivity index (χ1v) is 14.9. The molecule has 0 unspecified atom stereocenters. The fourth-order valence-corrected chi connectivity index (χ4v) is 5.28. The molecule has 1 fully saturated rings. The number of nitrogens with zero attached hydrogens (tertiary/aromatic N) is 2. The summed E-state index contributed by atoms with van der Waals surface area (Å²) in [6.07, 6.45) is 1.89. The molecule has 1 saturated carbocycles. The quantitative estimate of drug-likeness (QED) is 0.267. The summed E-state index contributed by atoms with van der Waals surface area (Å²) in [6, 6.07) is 11.8. The lowest BCUT2D eigenvalue weighted by Gasteiger charge is -2.20. The third kappa shape index (κ3) is 7.30. The van der Waals surface area contributed by atoms with Crippen LogP contribution < -0.4 is 32.0 Å². The lowest BCUT2D eigenvalue weighted by atomic mass is 10.1.